The molecule has 10 heteroatoms. The number of sulfonamides is 1. The van der Waals surface area contributed by atoms with Crippen molar-refractivity contribution >= 4 is 21.6 Å². The fourth-order valence-electron chi connectivity index (χ4n) is 3.52. The molecule has 0 saturated carbocycles. The molecule has 0 amide bonds. The van der Waals surface area contributed by atoms with Crippen LogP contribution in [0.3, 0.4) is 0 Å². The van der Waals surface area contributed by atoms with Gasteiger partial charge >= 0.3 is 0 Å². The molecule has 4 rings (SSSR count). The summed E-state index contributed by atoms with van der Waals surface area (Å²) in [5.41, 5.74) is 1.85. The van der Waals surface area contributed by atoms with Gasteiger partial charge < -0.3 is 14.2 Å². The number of hydrogen-bond acceptors (Lipinski definition) is 6. The maximum Gasteiger partial charge on any atom is 0.246 e. The summed E-state index contributed by atoms with van der Waals surface area (Å²) in [6, 6.07) is 12.2. The molecule has 0 radical (unpaired) electrons. The number of ether oxygens (including phenoxy) is 3. The molecule has 1 aliphatic heterocycles. The van der Waals surface area contributed by atoms with E-state index < -0.39 is 10.0 Å². The number of hydrogen-bond donors (Lipinski definition) is 0. The number of nitrogens with zero attached hydrogens (tertiary/aromatic N) is 3. The van der Waals surface area contributed by atoms with Gasteiger partial charge in [-0.3, -0.25) is 0 Å². The van der Waals surface area contributed by atoms with Crippen molar-refractivity contribution in [1.82, 2.24) is 14.1 Å². The number of para-hydroxylation sites is 1. The lowest BCUT2D eigenvalue weighted by Gasteiger charge is -2.27. The smallest absolute Gasteiger partial charge is 0.246 e. The predicted octanol–water partition coefficient (Wildman–Crippen LogP) is 3.23. The van der Waals surface area contributed by atoms with Gasteiger partial charge in [0.2, 0.25) is 10.0 Å². The summed E-state index contributed by atoms with van der Waals surface area (Å²) in [5.74, 6) is 0.655. The molecular formula is C21H22ClN3O5S. The van der Waals surface area contributed by atoms with Gasteiger partial charge in [-0.2, -0.15) is 9.40 Å². The Labute approximate surface area is 186 Å². The molecule has 1 aliphatic rings. The molecule has 31 heavy (non-hydrogen) atoms. The largest absolute Gasteiger partial charge is 0.496 e. The number of morpholine rings is 1. The minimum absolute atomic E-state index is 0.0552. The Bertz CT molecular complexity index is 1190. The van der Waals surface area contributed by atoms with Crippen LogP contribution in [0.4, 0.5) is 0 Å². The zero-order valence-electron chi connectivity index (χ0n) is 17.1. The van der Waals surface area contributed by atoms with Crippen LogP contribution in [0, 0.1) is 0 Å². The summed E-state index contributed by atoms with van der Waals surface area (Å²) in [7, 11) is -0.862. The second kappa shape index (κ2) is 8.88. The Morgan fingerprint density at radius 1 is 1.03 bits per heavy atom. The normalized spacial score (nSPS) is 15.1. The Morgan fingerprint density at radius 3 is 2.42 bits per heavy atom. The first-order valence-corrected chi connectivity index (χ1v) is 11.4. The van der Waals surface area contributed by atoms with Crippen molar-refractivity contribution in [2.45, 2.75) is 4.90 Å². The van der Waals surface area contributed by atoms with E-state index in [0.717, 1.165) is 0 Å². The van der Waals surface area contributed by atoms with E-state index >= 15 is 0 Å². The molecule has 1 aromatic heterocycles. The highest BCUT2D eigenvalue weighted by Gasteiger charge is 2.31. The van der Waals surface area contributed by atoms with Crippen LogP contribution in [0.25, 0.3) is 16.9 Å². The van der Waals surface area contributed by atoms with E-state index in [0.29, 0.717) is 40.9 Å². The van der Waals surface area contributed by atoms with E-state index in [9.17, 15) is 8.42 Å². The zero-order valence-corrected chi connectivity index (χ0v) is 18.7. The maximum atomic E-state index is 13.4. The van der Waals surface area contributed by atoms with E-state index in [1.54, 1.807) is 35.1 Å². The SMILES string of the molecule is COc1cc(OC)c(S(=O)(=O)N2CCOCC2)cc1-c1ccnn1-c1ccccc1Cl. The third-order valence-electron chi connectivity index (χ3n) is 5.07. The topological polar surface area (TPSA) is 82.9 Å². The van der Waals surface area contributed by atoms with Crippen molar-refractivity contribution in [2.24, 2.45) is 0 Å². The number of halogens is 1. The molecule has 1 fully saturated rings. The van der Waals surface area contributed by atoms with Crippen molar-refractivity contribution < 1.29 is 22.6 Å². The third kappa shape index (κ3) is 4.01. The molecule has 3 aromatic rings. The number of rotatable bonds is 6. The van der Waals surface area contributed by atoms with Crippen molar-refractivity contribution in [1.29, 1.82) is 0 Å². The van der Waals surface area contributed by atoms with Gasteiger partial charge in [-0.15, -0.1) is 0 Å². The first kappa shape index (κ1) is 21.6. The molecule has 164 valence electrons. The monoisotopic (exact) mass is 463 g/mol. The van der Waals surface area contributed by atoms with Crippen LogP contribution in [0.15, 0.2) is 53.6 Å². The lowest BCUT2D eigenvalue weighted by atomic mass is 10.1. The van der Waals surface area contributed by atoms with E-state index in [1.165, 1.54) is 18.5 Å². The maximum absolute atomic E-state index is 13.4. The van der Waals surface area contributed by atoms with Crippen LogP contribution in [0.2, 0.25) is 5.02 Å². The van der Waals surface area contributed by atoms with Crippen LogP contribution in [-0.2, 0) is 14.8 Å². The molecule has 0 atom stereocenters. The van der Waals surface area contributed by atoms with E-state index in [1.807, 2.05) is 18.2 Å². The highest BCUT2D eigenvalue weighted by Crippen LogP contribution is 2.40. The minimum atomic E-state index is -3.81. The quantitative estimate of drug-likeness (QED) is 0.558. The zero-order chi connectivity index (χ0) is 22.0. The minimum Gasteiger partial charge on any atom is -0.496 e. The van der Waals surface area contributed by atoms with Gasteiger partial charge in [-0.1, -0.05) is 23.7 Å². The molecule has 0 N–H and O–H groups in total. The Morgan fingerprint density at radius 2 is 1.74 bits per heavy atom. The first-order chi connectivity index (χ1) is 15.0. The Hall–Kier alpha value is -2.59. The Balaban J connectivity index is 1.90. The molecular weight excluding hydrogens is 442 g/mol. The second-order valence-corrected chi connectivity index (χ2v) is 9.11. The van der Waals surface area contributed by atoms with Crippen LogP contribution in [0.1, 0.15) is 0 Å². The standard InChI is InChI=1S/C21H22ClN3O5S/c1-28-19-14-20(29-2)21(31(26,27)24-9-11-30-12-10-24)13-15(19)17-7-8-23-25(17)18-6-4-3-5-16(18)22/h3-8,13-14H,9-12H2,1-2H3. The second-order valence-electron chi connectivity index (χ2n) is 6.80. The molecule has 0 aliphatic carbocycles. The van der Waals surface area contributed by atoms with E-state index in [2.05, 4.69) is 5.10 Å². The van der Waals surface area contributed by atoms with Crippen molar-refractivity contribution in [3.05, 3.63) is 53.7 Å². The average molecular weight is 464 g/mol. The lowest BCUT2D eigenvalue weighted by Crippen LogP contribution is -2.40. The van der Waals surface area contributed by atoms with Gasteiger partial charge in [0.05, 0.1) is 50.0 Å². The van der Waals surface area contributed by atoms with Crippen molar-refractivity contribution in [3.63, 3.8) is 0 Å². The van der Waals surface area contributed by atoms with Crippen molar-refractivity contribution in [3.8, 4) is 28.4 Å². The summed E-state index contributed by atoms with van der Waals surface area (Å²) >= 11 is 6.38. The van der Waals surface area contributed by atoms with Crippen LogP contribution < -0.4 is 9.47 Å². The Kier molecular flexibility index (Phi) is 6.19. The van der Waals surface area contributed by atoms with Gasteiger partial charge in [0.1, 0.15) is 16.4 Å². The number of methoxy groups -OCH3 is 2. The summed E-state index contributed by atoms with van der Waals surface area (Å²) in [4.78, 5) is 0.0552. The lowest BCUT2D eigenvalue weighted by molar-refractivity contribution is 0.0729. The van der Waals surface area contributed by atoms with Gasteiger partial charge in [0.25, 0.3) is 0 Å². The predicted molar refractivity (Wildman–Crippen MR) is 117 cm³/mol. The molecule has 2 aromatic carbocycles. The number of aromatic nitrogens is 2. The van der Waals surface area contributed by atoms with Gasteiger partial charge in [-0.25, -0.2) is 13.1 Å². The fourth-order valence-corrected chi connectivity index (χ4v) is 5.31. The van der Waals surface area contributed by atoms with Crippen LogP contribution >= 0.6 is 11.6 Å². The van der Waals surface area contributed by atoms with E-state index in [4.69, 9.17) is 25.8 Å². The molecule has 0 unspecified atom stereocenters. The third-order valence-corrected chi connectivity index (χ3v) is 7.31. The molecule has 2 heterocycles. The van der Waals surface area contributed by atoms with Gasteiger partial charge in [-0.05, 0) is 24.3 Å². The van der Waals surface area contributed by atoms with Gasteiger partial charge in [0.15, 0.2) is 0 Å². The van der Waals surface area contributed by atoms with Crippen molar-refractivity contribution in [2.75, 3.05) is 40.5 Å². The summed E-state index contributed by atoms with van der Waals surface area (Å²) in [6.07, 6.45) is 1.62. The summed E-state index contributed by atoms with van der Waals surface area (Å²) in [5, 5.41) is 4.91. The van der Waals surface area contributed by atoms with Crippen LogP contribution in [-0.4, -0.2) is 63.0 Å². The fraction of sp³-hybridized carbons (Fsp3) is 0.286. The molecule has 0 spiro atoms. The molecule has 8 nitrogen and oxygen atoms in total. The summed E-state index contributed by atoms with van der Waals surface area (Å²) in [6.45, 7) is 1.27. The highest BCUT2D eigenvalue weighted by molar-refractivity contribution is 7.89. The first-order valence-electron chi connectivity index (χ1n) is 9.60. The molecule has 0 bridgehead atoms. The van der Waals surface area contributed by atoms with Crippen LogP contribution in [0.5, 0.6) is 11.5 Å². The molecule has 1 saturated heterocycles. The number of benzene rings is 2. The average Bonchev–Trinajstić information content (AvgIpc) is 3.28. The highest BCUT2D eigenvalue weighted by atomic mass is 35.5. The van der Waals surface area contributed by atoms with E-state index in [-0.39, 0.29) is 23.7 Å². The van der Waals surface area contributed by atoms with Gasteiger partial charge in [0, 0.05) is 24.7 Å². The summed E-state index contributed by atoms with van der Waals surface area (Å²) < 4.78 is 46.1.